The van der Waals surface area contributed by atoms with Crippen LogP contribution >= 0.6 is 15.9 Å². The molecule has 0 bridgehead atoms. The minimum absolute atomic E-state index is 0.699. The van der Waals surface area contributed by atoms with Crippen molar-refractivity contribution in [3.63, 3.8) is 0 Å². The van der Waals surface area contributed by atoms with Crippen molar-refractivity contribution in [1.29, 1.82) is 0 Å². The van der Waals surface area contributed by atoms with E-state index < -0.39 is 0 Å². The van der Waals surface area contributed by atoms with Gasteiger partial charge in [-0.3, -0.25) is 0 Å². The summed E-state index contributed by atoms with van der Waals surface area (Å²) in [5, 5.41) is 4.74. The topological polar surface area (TPSA) is 26.0 Å². The third kappa shape index (κ3) is 2.12. The van der Waals surface area contributed by atoms with Gasteiger partial charge in [-0.05, 0) is 19.4 Å². The third-order valence-corrected chi connectivity index (χ3v) is 2.90. The molecule has 0 saturated heterocycles. The highest BCUT2D eigenvalue weighted by atomic mass is 79.9. The van der Waals surface area contributed by atoms with Crippen LogP contribution in [0.4, 0.5) is 0 Å². The second-order valence-corrected chi connectivity index (χ2v) is 4.19. The lowest BCUT2D eigenvalue weighted by Gasteiger charge is -2.02. The van der Waals surface area contributed by atoms with Crippen molar-refractivity contribution in [3.8, 4) is 11.3 Å². The molecule has 0 saturated carbocycles. The van der Waals surface area contributed by atoms with Gasteiger partial charge < -0.3 is 4.52 Å². The molecule has 0 fully saturated rings. The van der Waals surface area contributed by atoms with E-state index in [-0.39, 0.29) is 0 Å². The molecule has 0 aliphatic rings. The van der Waals surface area contributed by atoms with E-state index in [0.717, 1.165) is 17.0 Å². The Bertz CT molecular complexity index is 476. The predicted octanol–water partition coefficient (Wildman–Crippen LogP) is 3.85. The minimum Gasteiger partial charge on any atom is -0.360 e. The normalized spacial score (nSPS) is 10.6. The van der Waals surface area contributed by atoms with Gasteiger partial charge in [0.05, 0.1) is 5.33 Å². The summed E-state index contributed by atoms with van der Waals surface area (Å²) in [7, 11) is 0. The zero-order valence-electron chi connectivity index (χ0n) is 8.75. The molecule has 1 aromatic carbocycles. The highest BCUT2D eigenvalue weighted by molar-refractivity contribution is 9.08. The van der Waals surface area contributed by atoms with Crippen LogP contribution in [0.2, 0.25) is 0 Å². The molecule has 1 heterocycles. The summed E-state index contributed by atoms with van der Waals surface area (Å²) in [5.41, 5.74) is 4.53. The average Bonchev–Trinajstić information content (AvgIpc) is 2.66. The maximum absolute atomic E-state index is 5.16. The first kappa shape index (κ1) is 10.4. The van der Waals surface area contributed by atoms with Crippen molar-refractivity contribution < 1.29 is 4.52 Å². The van der Waals surface area contributed by atoms with E-state index >= 15 is 0 Å². The molecule has 0 N–H and O–H groups in total. The number of aryl methyl sites for hydroxylation is 2. The molecule has 0 spiro atoms. The molecule has 2 aromatic rings. The van der Waals surface area contributed by atoms with Gasteiger partial charge in [-0.25, -0.2) is 0 Å². The van der Waals surface area contributed by atoms with Crippen LogP contribution in [-0.2, 0) is 5.33 Å². The third-order valence-electron chi connectivity index (χ3n) is 2.35. The summed E-state index contributed by atoms with van der Waals surface area (Å²) in [6, 6.07) is 8.29. The Hall–Kier alpha value is -1.09. The molecule has 0 aliphatic carbocycles. The lowest BCUT2D eigenvalue weighted by Crippen LogP contribution is -1.84. The smallest absolute Gasteiger partial charge is 0.147 e. The molecule has 0 radical (unpaired) electrons. The lowest BCUT2D eigenvalue weighted by molar-refractivity contribution is 0.398. The largest absolute Gasteiger partial charge is 0.360 e. The number of rotatable bonds is 2. The standard InChI is InChI=1S/C12H12BrNO/c1-8-3-4-11(9(2)5-8)12-6-10(7-13)15-14-12/h3-6H,7H2,1-2H3. The van der Waals surface area contributed by atoms with Crippen molar-refractivity contribution in [2.75, 3.05) is 0 Å². The van der Waals surface area contributed by atoms with E-state index in [1.165, 1.54) is 11.1 Å². The molecule has 78 valence electrons. The van der Waals surface area contributed by atoms with Gasteiger partial charge in [0, 0.05) is 11.6 Å². The Morgan fingerprint density at radius 3 is 2.67 bits per heavy atom. The molecular formula is C12H12BrNO. The van der Waals surface area contributed by atoms with Crippen LogP contribution in [0.15, 0.2) is 28.8 Å². The van der Waals surface area contributed by atoms with E-state index in [2.05, 4.69) is 53.1 Å². The summed E-state index contributed by atoms with van der Waals surface area (Å²) < 4.78 is 5.16. The number of aromatic nitrogens is 1. The molecule has 15 heavy (non-hydrogen) atoms. The van der Waals surface area contributed by atoms with Crippen LogP contribution in [0.5, 0.6) is 0 Å². The van der Waals surface area contributed by atoms with Crippen LogP contribution in [0.3, 0.4) is 0 Å². The summed E-state index contributed by atoms with van der Waals surface area (Å²) >= 11 is 3.34. The van der Waals surface area contributed by atoms with Gasteiger partial charge in [0.15, 0.2) is 0 Å². The number of hydrogen-bond donors (Lipinski definition) is 0. The van der Waals surface area contributed by atoms with Gasteiger partial charge >= 0.3 is 0 Å². The van der Waals surface area contributed by atoms with Crippen molar-refractivity contribution >= 4 is 15.9 Å². The van der Waals surface area contributed by atoms with Crippen LogP contribution in [-0.4, -0.2) is 5.16 Å². The highest BCUT2D eigenvalue weighted by Gasteiger charge is 2.07. The first-order chi connectivity index (χ1) is 7.20. The molecule has 0 aliphatic heterocycles. The summed E-state index contributed by atoms with van der Waals surface area (Å²) in [6.07, 6.45) is 0. The molecule has 0 amide bonds. The van der Waals surface area contributed by atoms with Crippen molar-refractivity contribution in [2.24, 2.45) is 0 Å². The molecule has 1 aromatic heterocycles. The van der Waals surface area contributed by atoms with E-state index in [9.17, 15) is 0 Å². The zero-order valence-corrected chi connectivity index (χ0v) is 10.3. The Morgan fingerprint density at radius 2 is 2.07 bits per heavy atom. The number of alkyl halides is 1. The molecule has 3 heteroatoms. The van der Waals surface area contributed by atoms with Gasteiger partial charge in [0.25, 0.3) is 0 Å². The first-order valence-corrected chi connectivity index (χ1v) is 5.92. The van der Waals surface area contributed by atoms with Gasteiger partial charge in [-0.2, -0.15) is 0 Å². The fourth-order valence-electron chi connectivity index (χ4n) is 1.60. The fourth-order valence-corrected chi connectivity index (χ4v) is 1.87. The summed E-state index contributed by atoms with van der Waals surface area (Å²) in [5.74, 6) is 0.852. The Labute approximate surface area is 97.4 Å². The van der Waals surface area contributed by atoms with Crippen LogP contribution in [0.25, 0.3) is 11.3 Å². The number of benzene rings is 1. The van der Waals surface area contributed by atoms with Crippen LogP contribution < -0.4 is 0 Å². The minimum atomic E-state index is 0.699. The Morgan fingerprint density at radius 1 is 1.27 bits per heavy atom. The quantitative estimate of drug-likeness (QED) is 0.771. The van der Waals surface area contributed by atoms with Gasteiger partial charge in [-0.1, -0.05) is 44.8 Å². The second kappa shape index (κ2) is 4.19. The molecule has 2 nitrogen and oxygen atoms in total. The van der Waals surface area contributed by atoms with Crippen molar-refractivity contribution in [3.05, 3.63) is 41.2 Å². The zero-order chi connectivity index (χ0) is 10.8. The van der Waals surface area contributed by atoms with Gasteiger partial charge in [0.1, 0.15) is 11.5 Å². The highest BCUT2D eigenvalue weighted by Crippen LogP contribution is 2.24. The van der Waals surface area contributed by atoms with Gasteiger partial charge in [-0.15, -0.1) is 0 Å². The molecule has 0 unspecified atom stereocenters. The molecular weight excluding hydrogens is 254 g/mol. The lowest BCUT2D eigenvalue weighted by atomic mass is 10.0. The average molecular weight is 266 g/mol. The van der Waals surface area contributed by atoms with E-state index in [0.29, 0.717) is 5.33 Å². The van der Waals surface area contributed by atoms with Gasteiger partial charge in [0.2, 0.25) is 0 Å². The van der Waals surface area contributed by atoms with Crippen molar-refractivity contribution in [2.45, 2.75) is 19.2 Å². The SMILES string of the molecule is Cc1ccc(-c2cc(CBr)on2)c(C)c1. The number of halogens is 1. The van der Waals surface area contributed by atoms with E-state index in [1.807, 2.05) is 6.07 Å². The monoisotopic (exact) mass is 265 g/mol. The molecule has 2 rings (SSSR count). The van der Waals surface area contributed by atoms with Crippen molar-refractivity contribution in [1.82, 2.24) is 5.16 Å². The van der Waals surface area contributed by atoms with Crippen LogP contribution in [0.1, 0.15) is 16.9 Å². The number of nitrogens with zero attached hydrogens (tertiary/aromatic N) is 1. The van der Waals surface area contributed by atoms with Crippen LogP contribution in [0, 0.1) is 13.8 Å². The summed E-state index contributed by atoms with van der Waals surface area (Å²) in [4.78, 5) is 0. The summed E-state index contributed by atoms with van der Waals surface area (Å²) in [6.45, 7) is 4.17. The maximum atomic E-state index is 5.16. The maximum Gasteiger partial charge on any atom is 0.147 e. The first-order valence-electron chi connectivity index (χ1n) is 4.80. The Balaban J connectivity index is 2.44. The fraction of sp³-hybridized carbons (Fsp3) is 0.250. The Kier molecular flexibility index (Phi) is 2.91. The predicted molar refractivity (Wildman–Crippen MR) is 64.0 cm³/mol. The van der Waals surface area contributed by atoms with E-state index in [4.69, 9.17) is 4.52 Å². The molecule has 0 atom stereocenters. The van der Waals surface area contributed by atoms with E-state index in [1.54, 1.807) is 0 Å². The second-order valence-electron chi connectivity index (χ2n) is 3.63. The number of hydrogen-bond acceptors (Lipinski definition) is 2.